The zero-order valence-corrected chi connectivity index (χ0v) is 12.5. The highest BCUT2D eigenvalue weighted by molar-refractivity contribution is 4.84. The fourth-order valence-electron chi connectivity index (χ4n) is 3.76. The van der Waals surface area contributed by atoms with E-state index in [1.807, 2.05) is 0 Å². The fourth-order valence-corrected chi connectivity index (χ4v) is 3.76. The number of hydrogen-bond donors (Lipinski definition) is 1. The van der Waals surface area contributed by atoms with Gasteiger partial charge in [-0.2, -0.15) is 0 Å². The van der Waals surface area contributed by atoms with Crippen LogP contribution in [-0.2, 0) is 0 Å². The van der Waals surface area contributed by atoms with E-state index < -0.39 is 0 Å². The molecule has 0 amide bonds. The van der Waals surface area contributed by atoms with E-state index in [0.717, 1.165) is 18.0 Å². The van der Waals surface area contributed by atoms with Gasteiger partial charge in [0.05, 0.1) is 0 Å². The third kappa shape index (κ3) is 3.69. The molecule has 0 radical (unpaired) electrons. The number of rotatable bonds is 4. The van der Waals surface area contributed by atoms with Crippen LogP contribution in [0.4, 0.5) is 0 Å². The number of piperidine rings is 1. The molecule has 2 aliphatic rings. The Morgan fingerprint density at radius 3 is 2.44 bits per heavy atom. The Kier molecular flexibility index (Phi) is 5.46. The fraction of sp³-hybridized carbons (Fsp3) is 1.00. The minimum Gasteiger partial charge on any atom is -0.317 e. The van der Waals surface area contributed by atoms with Crippen LogP contribution in [0.5, 0.6) is 0 Å². The summed E-state index contributed by atoms with van der Waals surface area (Å²) in [6, 6.07) is 1.58. The lowest BCUT2D eigenvalue weighted by atomic mass is 9.84. The van der Waals surface area contributed by atoms with Crippen LogP contribution in [0.25, 0.3) is 0 Å². The SMILES string of the molecule is CNC1CCCCC1CN(C)C1CCN(C)CC1. The molecule has 3 heteroatoms. The lowest BCUT2D eigenvalue weighted by molar-refractivity contribution is 0.110. The highest BCUT2D eigenvalue weighted by Crippen LogP contribution is 2.26. The van der Waals surface area contributed by atoms with Crippen LogP contribution in [0.15, 0.2) is 0 Å². The Balaban J connectivity index is 1.80. The zero-order valence-electron chi connectivity index (χ0n) is 12.5. The lowest BCUT2D eigenvalue weighted by Crippen LogP contribution is -2.47. The maximum atomic E-state index is 3.53. The molecule has 0 bridgehead atoms. The van der Waals surface area contributed by atoms with Crippen molar-refractivity contribution in [3.8, 4) is 0 Å². The Labute approximate surface area is 113 Å². The third-order valence-electron chi connectivity index (χ3n) is 5.11. The van der Waals surface area contributed by atoms with Gasteiger partial charge in [0, 0.05) is 18.6 Å². The van der Waals surface area contributed by atoms with Gasteiger partial charge in [0.15, 0.2) is 0 Å². The van der Waals surface area contributed by atoms with Crippen molar-refractivity contribution in [3.05, 3.63) is 0 Å². The Morgan fingerprint density at radius 1 is 1.11 bits per heavy atom. The van der Waals surface area contributed by atoms with Crippen molar-refractivity contribution in [2.75, 3.05) is 40.8 Å². The standard InChI is InChI=1S/C15H31N3/c1-16-15-7-5-4-6-13(15)12-18(3)14-8-10-17(2)11-9-14/h13-16H,4-12H2,1-3H3. The van der Waals surface area contributed by atoms with Gasteiger partial charge in [-0.1, -0.05) is 12.8 Å². The van der Waals surface area contributed by atoms with E-state index in [1.165, 1.54) is 58.2 Å². The van der Waals surface area contributed by atoms with E-state index in [2.05, 4.69) is 36.3 Å². The molecule has 106 valence electrons. The molecule has 2 unspecified atom stereocenters. The second kappa shape index (κ2) is 6.88. The monoisotopic (exact) mass is 253 g/mol. The molecule has 0 aromatic heterocycles. The predicted octanol–water partition coefficient (Wildman–Crippen LogP) is 1.79. The molecule has 2 fully saturated rings. The van der Waals surface area contributed by atoms with Crippen LogP contribution in [0.1, 0.15) is 38.5 Å². The number of nitrogens with one attached hydrogen (secondary N) is 1. The molecule has 1 aliphatic heterocycles. The maximum Gasteiger partial charge on any atom is 0.0117 e. The quantitative estimate of drug-likeness (QED) is 0.824. The first-order chi connectivity index (χ1) is 8.70. The second-order valence-electron chi connectivity index (χ2n) is 6.41. The number of likely N-dealkylation sites (tertiary alicyclic amines) is 1. The predicted molar refractivity (Wildman–Crippen MR) is 78.0 cm³/mol. The van der Waals surface area contributed by atoms with Crippen molar-refractivity contribution < 1.29 is 0 Å². The summed E-state index contributed by atoms with van der Waals surface area (Å²) in [7, 11) is 6.73. The Morgan fingerprint density at radius 2 is 1.78 bits per heavy atom. The summed E-state index contributed by atoms with van der Waals surface area (Å²) >= 11 is 0. The molecule has 3 nitrogen and oxygen atoms in total. The maximum absolute atomic E-state index is 3.53. The van der Waals surface area contributed by atoms with E-state index in [0.29, 0.717) is 0 Å². The molecule has 1 saturated heterocycles. The molecule has 1 saturated carbocycles. The van der Waals surface area contributed by atoms with Crippen LogP contribution < -0.4 is 5.32 Å². The molecule has 2 atom stereocenters. The van der Waals surface area contributed by atoms with Crippen molar-refractivity contribution in [2.24, 2.45) is 5.92 Å². The first-order valence-corrected chi connectivity index (χ1v) is 7.76. The molecular weight excluding hydrogens is 222 g/mol. The van der Waals surface area contributed by atoms with E-state index >= 15 is 0 Å². The largest absolute Gasteiger partial charge is 0.317 e. The van der Waals surface area contributed by atoms with E-state index in [-0.39, 0.29) is 0 Å². The minimum absolute atomic E-state index is 0.757. The molecule has 1 N–H and O–H groups in total. The summed E-state index contributed by atoms with van der Waals surface area (Å²) in [6.45, 7) is 3.84. The lowest BCUT2D eigenvalue weighted by Gasteiger charge is -2.39. The topological polar surface area (TPSA) is 18.5 Å². The molecule has 1 heterocycles. The van der Waals surface area contributed by atoms with Gasteiger partial charge in [-0.25, -0.2) is 0 Å². The number of hydrogen-bond acceptors (Lipinski definition) is 3. The van der Waals surface area contributed by atoms with Gasteiger partial charge in [-0.15, -0.1) is 0 Å². The second-order valence-corrected chi connectivity index (χ2v) is 6.41. The average Bonchev–Trinajstić information content (AvgIpc) is 2.40. The van der Waals surface area contributed by atoms with Crippen molar-refractivity contribution in [1.29, 1.82) is 0 Å². The van der Waals surface area contributed by atoms with Crippen molar-refractivity contribution in [2.45, 2.75) is 50.6 Å². The van der Waals surface area contributed by atoms with Crippen molar-refractivity contribution >= 4 is 0 Å². The molecule has 0 aromatic carbocycles. The zero-order chi connectivity index (χ0) is 13.0. The van der Waals surface area contributed by atoms with Crippen molar-refractivity contribution in [3.63, 3.8) is 0 Å². The summed E-state index contributed by atoms with van der Waals surface area (Å²) in [6.07, 6.45) is 8.35. The first-order valence-electron chi connectivity index (χ1n) is 7.76. The van der Waals surface area contributed by atoms with E-state index in [9.17, 15) is 0 Å². The van der Waals surface area contributed by atoms with Crippen molar-refractivity contribution in [1.82, 2.24) is 15.1 Å². The molecule has 0 spiro atoms. The molecule has 0 aromatic rings. The van der Waals surface area contributed by atoms with Gasteiger partial charge < -0.3 is 15.1 Å². The van der Waals surface area contributed by atoms with Crippen LogP contribution in [0, 0.1) is 5.92 Å². The normalized spacial score (nSPS) is 32.0. The minimum atomic E-state index is 0.757. The summed E-state index contributed by atoms with van der Waals surface area (Å²) in [5.74, 6) is 0.869. The Hall–Kier alpha value is -0.120. The van der Waals surface area contributed by atoms with Gasteiger partial charge in [-0.3, -0.25) is 0 Å². The summed E-state index contributed by atoms with van der Waals surface area (Å²) in [5.41, 5.74) is 0. The molecule has 1 aliphatic carbocycles. The van der Waals surface area contributed by atoms with E-state index in [4.69, 9.17) is 0 Å². The molecule has 18 heavy (non-hydrogen) atoms. The van der Waals surface area contributed by atoms with Crippen LogP contribution in [0.2, 0.25) is 0 Å². The third-order valence-corrected chi connectivity index (χ3v) is 5.11. The summed E-state index contributed by atoms with van der Waals surface area (Å²) in [4.78, 5) is 5.11. The van der Waals surface area contributed by atoms with Crippen LogP contribution in [0.3, 0.4) is 0 Å². The smallest absolute Gasteiger partial charge is 0.0117 e. The average molecular weight is 253 g/mol. The van der Waals surface area contributed by atoms with Gasteiger partial charge in [0.2, 0.25) is 0 Å². The first kappa shape index (κ1) is 14.3. The van der Waals surface area contributed by atoms with Gasteiger partial charge >= 0.3 is 0 Å². The van der Waals surface area contributed by atoms with Gasteiger partial charge in [0.1, 0.15) is 0 Å². The highest BCUT2D eigenvalue weighted by Gasteiger charge is 2.28. The van der Waals surface area contributed by atoms with E-state index in [1.54, 1.807) is 0 Å². The highest BCUT2D eigenvalue weighted by atomic mass is 15.2. The molecule has 2 rings (SSSR count). The van der Waals surface area contributed by atoms with Crippen LogP contribution >= 0.6 is 0 Å². The summed E-state index contributed by atoms with van der Waals surface area (Å²) < 4.78 is 0. The number of nitrogens with zero attached hydrogens (tertiary/aromatic N) is 2. The Bertz CT molecular complexity index is 236. The van der Waals surface area contributed by atoms with Gasteiger partial charge in [-0.05, 0) is 65.8 Å². The van der Waals surface area contributed by atoms with Gasteiger partial charge in [0.25, 0.3) is 0 Å². The van der Waals surface area contributed by atoms with Crippen LogP contribution in [-0.4, -0.2) is 62.7 Å². The molecular formula is C15H31N3. The summed E-state index contributed by atoms with van der Waals surface area (Å²) in [5, 5.41) is 3.53.